The molecule has 86 valence electrons. The summed E-state index contributed by atoms with van der Waals surface area (Å²) in [7, 11) is 0. The quantitative estimate of drug-likeness (QED) is 0.841. The van der Waals surface area contributed by atoms with Crippen molar-refractivity contribution in [2.45, 2.75) is 6.42 Å². The van der Waals surface area contributed by atoms with Crippen LogP contribution in [-0.2, 0) is 6.42 Å². The van der Waals surface area contributed by atoms with Crippen LogP contribution in [-0.4, -0.2) is 17.7 Å². The second-order valence-electron chi connectivity index (χ2n) is 3.85. The van der Waals surface area contributed by atoms with Crippen molar-refractivity contribution < 1.29 is 14.6 Å². The summed E-state index contributed by atoms with van der Waals surface area (Å²) in [6.07, 6.45) is 0.766. The third-order valence-corrected chi connectivity index (χ3v) is 3.97. The van der Waals surface area contributed by atoms with Crippen molar-refractivity contribution in [2.24, 2.45) is 0 Å². The van der Waals surface area contributed by atoms with Gasteiger partial charge >= 0.3 is 5.97 Å². The zero-order valence-electron chi connectivity index (χ0n) is 8.97. The van der Waals surface area contributed by atoms with Gasteiger partial charge in [0, 0.05) is 22.4 Å². The van der Waals surface area contributed by atoms with Gasteiger partial charge in [0.2, 0.25) is 0 Å². The van der Waals surface area contributed by atoms with Crippen LogP contribution in [0.3, 0.4) is 0 Å². The van der Waals surface area contributed by atoms with Crippen LogP contribution in [0.4, 0.5) is 0 Å². The van der Waals surface area contributed by atoms with Gasteiger partial charge in [0.1, 0.15) is 10.6 Å². The van der Waals surface area contributed by atoms with Crippen LogP contribution < -0.4 is 4.74 Å². The van der Waals surface area contributed by atoms with E-state index in [0.717, 1.165) is 28.2 Å². The zero-order valence-corrected chi connectivity index (χ0v) is 9.79. The fraction of sp³-hybridized carbons (Fsp3) is 0.154. The Morgan fingerprint density at radius 3 is 2.94 bits per heavy atom. The lowest BCUT2D eigenvalue weighted by molar-refractivity contribution is 0.0702. The average Bonchev–Trinajstić information content (AvgIpc) is 2.67. The van der Waals surface area contributed by atoms with Gasteiger partial charge in [0.05, 0.1) is 6.61 Å². The molecule has 1 aromatic carbocycles. The maximum atomic E-state index is 11.0. The topological polar surface area (TPSA) is 46.5 Å². The molecule has 0 fully saturated rings. The first-order chi connectivity index (χ1) is 8.25. The summed E-state index contributed by atoms with van der Waals surface area (Å²) in [6.45, 7) is 0.601. The fourth-order valence-corrected chi connectivity index (χ4v) is 3.01. The number of benzene rings is 1. The van der Waals surface area contributed by atoms with Crippen LogP contribution in [0.2, 0.25) is 0 Å². The first-order valence-electron chi connectivity index (χ1n) is 5.34. The van der Waals surface area contributed by atoms with Crippen molar-refractivity contribution in [3.63, 3.8) is 0 Å². The normalized spacial score (nSPS) is 13.2. The lowest BCUT2D eigenvalue weighted by Gasteiger charge is -2.05. The van der Waals surface area contributed by atoms with Gasteiger partial charge in [-0.15, -0.1) is 11.3 Å². The van der Waals surface area contributed by atoms with Gasteiger partial charge in [-0.25, -0.2) is 4.79 Å². The largest absolute Gasteiger partial charge is 0.493 e. The van der Waals surface area contributed by atoms with Crippen LogP contribution in [0.5, 0.6) is 5.75 Å². The Balaban J connectivity index is 2.21. The molecule has 0 saturated heterocycles. The summed E-state index contributed by atoms with van der Waals surface area (Å²) in [5.41, 5.74) is 1.99. The van der Waals surface area contributed by atoms with Crippen LogP contribution in [0, 0.1) is 0 Å². The van der Waals surface area contributed by atoms with Crippen molar-refractivity contribution in [3.8, 4) is 16.9 Å². The van der Waals surface area contributed by atoms with Gasteiger partial charge in [-0.2, -0.15) is 0 Å². The Hall–Kier alpha value is -1.81. The van der Waals surface area contributed by atoms with Crippen LogP contribution in [0.25, 0.3) is 11.1 Å². The van der Waals surface area contributed by atoms with Gasteiger partial charge in [-0.1, -0.05) is 18.2 Å². The molecule has 1 aromatic heterocycles. The maximum Gasteiger partial charge on any atom is 0.345 e. The molecule has 0 atom stereocenters. The second-order valence-corrected chi connectivity index (χ2v) is 4.98. The Kier molecular flexibility index (Phi) is 2.37. The van der Waals surface area contributed by atoms with E-state index in [1.165, 1.54) is 11.3 Å². The minimum absolute atomic E-state index is 0.395. The van der Waals surface area contributed by atoms with Crippen LogP contribution >= 0.6 is 11.3 Å². The number of thiophene rings is 1. The summed E-state index contributed by atoms with van der Waals surface area (Å²) in [6, 6.07) is 9.50. The molecule has 0 radical (unpaired) electrons. The zero-order chi connectivity index (χ0) is 11.8. The lowest BCUT2D eigenvalue weighted by Crippen LogP contribution is -1.97. The number of hydrogen-bond acceptors (Lipinski definition) is 3. The number of ether oxygens (including phenoxy) is 1. The van der Waals surface area contributed by atoms with Gasteiger partial charge in [-0.3, -0.25) is 0 Å². The highest BCUT2D eigenvalue weighted by molar-refractivity contribution is 7.14. The number of fused-ring (bicyclic) bond motifs is 3. The lowest BCUT2D eigenvalue weighted by atomic mass is 10.0. The summed E-state index contributed by atoms with van der Waals surface area (Å²) >= 11 is 1.34. The highest BCUT2D eigenvalue weighted by Crippen LogP contribution is 2.39. The van der Waals surface area contributed by atoms with Gasteiger partial charge in [-0.05, 0) is 12.1 Å². The van der Waals surface area contributed by atoms with E-state index in [2.05, 4.69) is 0 Å². The number of carboxylic acid groups (broad SMARTS) is 1. The molecular weight excluding hydrogens is 236 g/mol. The average molecular weight is 246 g/mol. The van der Waals surface area contributed by atoms with E-state index in [-0.39, 0.29) is 0 Å². The molecule has 17 heavy (non-hydrogen) atoms. The summed E-state index contributed by atoms with van der Waals surface area (Å²) in [5, 5.41) is 9.03. The summed E-state index contributed by atoms with van der Waals surface area (Å²) in [5.74, 6) is -0.0255. The summed E-state index contributed by atoms with van der Waals surface area (Å²) < 4.78 is 5.65. The molecule has 1 N–H and O–H groups in total. The predicted molar refractivity (Wildman–Crippen MR) is 65.9 cm³/mol. The molecule has 0 amide bonds. The minimum atomic E-state index is -0.860. The molecule has 0 aliphatic carbocycles. The first-order valence-corrected chi connectivity index (χ1v) is 6.15. The molecule has 0 unspecified atom stereocenters. The van der Waals surface area contributed by atoms with E-state index in [9.17, 15) is 4.79 Å². The smallest absolute Gasteiger partial charge is 0.345 e. The van der Waals surface area contributed by atoms with Gasteiger partial charge in [0.15, 0.2) is 0 Å². The Bertz CT molecular complexity index is 586. The molecule has 0 spiro atoms. The molecule has 3 nitrogen and oxygen atoms in total. The number of carboxylic acids is 1. The molecule has 0 bridgehead atoms. The van der Waals surface area contributed by atoms with E-state index in [0.29, 0.717) is 11.5 Å². The molecule has 1 aliphatic rings. The predicted octanol–water partition coefficient (Wildman–Crippen LogP) is 3.05. The van der Waals surface area contributed by atoms with Crippen molar-refractivity contribution in [1.82, 2.24) is 0 Å². The van der Waals surface area contributed by atoms with Crippen molar-refractivity contribution in [3.05, 3.63) is 40.1 Å². The number of para-hydroxylation sites is 1. The Labute approximate surface area is 102 Å². The molecule has 2 aromatic rings. The highest BCUT2D eigenvalue weighted by Gasteiger charge is 2.20. The third kappa shape index (κ3) is 1.70. The van der Waals surface area contributed by atoms with Crippen molar-refractivity contribution in [1.29, 1.82) is 0 Å². The summed E-state index contributed by atoms with van der Waals surface area (Å²) in [4.78, 5) is 12.5. The molecular formula is C13H10O3S. The van der Waals surface area contributed by atoms with Crippen LogP contribution in [0.1, 0.15) is 14.5 Å². The van der Waals surface area contributed by atoms with E-state index in [1.54, 1.807) is 6.07 Å². The molecule has 2 heterocycles. The number of aromatic carboxylic acids is 1. The van der Waals surface area contributed by atoms with E-state index >= 15 is 0 Å². The first kappa shape index (κ1) is 10.4. The number of rotatable bonds is 1. The number of carbonyl (C=O) groups is 1. The number of hydrogen-bond donors (Lipinski definition) is 1. The van der Waals surface area contributed by atoms with Crippen molar-refractivity contribution >= 4 is 17.3 Å². The van der Waals surface area contributed by atoms with E-state index in [4.69, 9.17) is 9.84 Å². The molecule has 1 aliphatic heterocycles. The SMILES string of the molecule is O=C(O)c1cc2c(s1)CCOc1ccccc1-2. The molecule has 0 saturated carbocycles. The maximum absolute atomic E-state index is 11.0. The van der Waals surface area contributed by atoms with E-state index < -0.39 is 5.97 Å². The van der Waals surface area contributed by atoms with Crippen LogP contribution in [0.15, 0.2) is 30.3 Å². The van der Waals surface area contributed by atoms with Crippen molar-refractivity contribution in [2.75, 3.05) is 6.61 Å². The standard InChI is InChI=1S/C13H10O3S/c14-13(15)12-7-9-8-3-1-2-4-10(8)16-6-5-11(9)17-12/h1-4,7H,5-6H2,(H,14,15). The fourth-order valence-electron chi connectivity index (χ4n) is 2.02. The highest BCUT2D eigenvalue weighted by atomic mass is 32.1. The second kappa shape index (κ2) is 3.89. The molecule has 4 heteroatoms. The minimum Gasteiger partial charge on any atom is -0.493 e. The Morgan fingerprint density at radius 2 is 2.12 bits per heavy atom. The monoisotopic (exact) mass is 246 g/mol. The van der Waals surface area contributed by atoms with Gasteiger partial charge < -0.3 is 9.84 Å². The van der Waals surface area contributed by atoms with Gasteiger partial charge in [0.25, 0.3) is 0 Å². The molecule has 3 rings (SSSR count). The third-order valence-electron chi connectivity index (χ3n) is 2.78. The van der Waals surface area contributed by atoms with E-state index in [1.807, 2.05) is 24.3 Å². The Morgan fingerprint density at radius 1 is 1.29 bits per heavy atom.